The topological polar surface area (TPSA) is 45.1 Å². The number of nitrogens with zero attached hydrogens (tertiary/aromatic N) is 1. The van der Waals surface area contributed by atoms with Crippen LogP contribution in [0.3, 0.4) is 0 Å². The van der Waals surface area contributed by atoms with Crippen molar-refractivity contribution in [3.05, 3.63) is 30.1 Å². The Bertz CT molecular complexity index is 296. The van der Waals surface area contributed by atoms with E-state index >= 15 is 0 Å². The number of nitrogens with one attached hydrogen (secondary N) is 1. The lowest BCUT2D eigenvalue weighted by molar-refractivity contribution is 0.0510. The molecule has 1 heterocycles. The van der Waals surface area contributed by atoms with Crippen molar-refractivity contribution >= 4 is 0 Å². The monoisotopic (exact) mass is 222 g/mol. The van der Waals surface area contributed by atoms with Crippen molar-refractivity contribution in [2.75, 3.05) is 6.54 Å². The summed E-state index contributed by atoms with van der Waals surface area (Å²) in [5.74, 6) is 0. The van der Waals surface area contributed by atoms with E-state index in [0.29, 0.717) is 12.5 Å². The van der Waals surface area contributed by atoms with E-state index < -0.39 is 5.60 Å². The number of aromatic nitrogens is 1. The Morgan fingerprint density at radius 2 is 2.25 bits per heavy atom. The predicted molar refractivity (Wildman–Crippen MR) is 66.3 cm³/mol. The fraction of sp³-hybridized carbons (Fsp3) is 0.615. The molecule has 3 heteroatoms. The zero-order chi connectivity index (χ0) is 12.0. The largest absolute Gasteiger partial charge is 0.390 e. The van der Waals surface area contributed by atoms with Gasteiger partial charge in [-0.15, -0.1) is 0 Å². The van der Waals surface area contributed by atoms with Crippen LogP contribution in [0.4, 0.5) is 0 Å². The van der Waals surface area contributed by atoms with E-state index in [1.165, 1.54) is 0 Å². The molecule has 0 aliphatic carbocycles. The van der Waals surface area contributed by atoms with Crippen LogP contribution in [0.5, 0.6) is 0 Å². The van der Waals surface area contributed by atoms with Crippen molar-refractivity contribution in [3.63, 3.8) is 0 Å². The van der Waals surface area contributed by atoms with Gasteiger partial charge in [0.15, 0.2) is 0 Å². The molecule has 16 heavy (non-hydrogen) atoms. The molecule has 0 radical (unpaired) electrons. The zero-order valence-electron chi connectivity index (χ0n) is 10.4. The summed E-state index contributed by atoms with van der Waals surface area (Å²) in [5, 5.41) is 13.5. The smallest absolute Gasteiger partial charge is 0.0672 e. The first-order valence-electron chi connectivity index (χ1n) is 5.84. The highest BCUT2D eigenvalue weighted by Crippen LogP contribution is 2.15. The molecule has 0 aromatic carbocycles. The average molecular weight is 222 g/mol. The maximum Gasteiger partial charge on any atom is 0.0672 e. The Labute approximate surface area is 97.9 Å². The molecule has 1 atom stereocenters. The van der Waals surface area contributed by atoms with Gasteiger partial charge in [-0.05, 0) is 31.5 Å². The highest BCUT2D eigenvalue weighted by atomic mass is 16.3. The van der Waals surface area contributed by atoms with Gasteiger partial charge in [0.1, 0.15) is 0 Å². The van der Waals surface area contributed by atoms with Crippen LogP contribution in [0.15, 0.2) is 24.5 Å². The lowest BCUT2D eigenvalue weighted by atomic mass is 9.94. The Morgan fingerprint density at radius 1 is 1.50 bits per heavy atom. The minimum absolute atomic E-state index is 0.467. The summed E-state index contributed by atoms with van der Waals surface area (Å²) in [7, 11) is 0. The summed E-state index contributed by atoms with van der Waals surface area (Å²) in [6.07, 6.45) is 4.96. The second kappa shape index (κ2) is 5.97. The van der Waals surface area contributed by atoms with Crippen LogP contribution in [0.2, 0.25) is 0 Å². The first-order chi connectivity index (χ1) is 7.49. The second-order valence-electron chi connectivity index (χ2n) is 4.89. The van der Waals surface area contributed by atoms with Gasteiger partial charge in [0, 0.05) is 24.9 Å². The van der Waals surface area contributed by atoms with E-state index in [1.54, 1.807) is 6.20 Å². The lowest BCUT2D eigenvalue weighted by Crippen LogP contribution is -2.34. The van der Waals surface area contributed by atoms with Crippen LogP contribution < -0.4 is 5.32 Å². The molecule has 0 saturated heterocycles. The van der Waals surface area contributed by atoms with Crippen LogP contribution in [-0.2, 0) is 6.42 Å². The Morgan fingerprint density at radius 3 is 2.81 bits per heavy atom. The van der Waals surface area contributed by atoms with Crippen molar-refractivity contribution in [2.24, 2.45) is 0 Å². The van der Waals surface area contributed by atoms with Gasteiger partial charge in [0.05, 0.1) is 5.60 Å². The predicted octanol–water partition coefficient (Wildman–Crippen LogP) is 1.76. The molecular weight excluding hydrogens is 200 g/mol. The van der Waals surface area contributed by atoms with Gasteiger partial charge < -0.3 is 10.4 Å². The van der Waals surface area contributed by atoms with E-state index in [0.717, 1.165) is 18.5 Å². The van der Waals surface area contributed by atoms with E-state index in [1.807, 2.05) is 25.3 Å². The van der Waals surface area contributed by atoms with E-state index in [-0.39, 0.29) is 0 Å². The van der Waals surface area contributed by atoms with Gasteiger partial charge in [-0.3, -0.25) is 4.98 Å². The van der Waals surface area contributed by atoms with E-state index in [2.05, 4.69) is 24.1 Å². The van der Waals surface area contributed by atoms with Crippen molar-refractivity contribution in [3.8, 4) is 0 Å². The molecule has 1 unspecified atom stereocenters. The first kappa shape index (κ1) is 13.1. The average Bonchev–Trinajstić information content (AvgIpc) is 2.17. The SMILES string of the molecule is CC(C)NCCC(C)(O)Cc1cccnc1. The standard InChI is InChI=1S/C13H22N2O/c1-11(2)15-8-6-13(3,16)9-12-5-4-7-14-10-12/h4-5,7,10-11,15-16H,6,8-9H2,1-3H3. The van der Waals surface area contributed by atoms with Gasteiger partial charge in [0.25, 0.3) is 0 Å². The third-order valence-electron chi connectivity index (χ3n) is 2.52. The number of hydrogen-bond acceptors (Lipinski definition) is 3. The van der Waals surface area contributed by atoms with E-state index in [4.69, 9.17) is 0 Å². The zero-order valence-corrected chi connectivity index (χ0v) is 10.4. The number of rotatable bonds is 6. The highest BCUT2D eigenvalue weighted by Gasteiger charge is 2.20. The number of aliphatic hydroxyl groups is 1. The van der Waals surface area contributed by atoms with Gasteiger partial charge in [0.2, 0.25) is 0 Å². The fourth-order valence-electron chi connectivity index (χ4n) is 1.66. The summed E-state index contributed by atoms with van der Waals surface area (Å²) in [6, 6.07) is 4.36. The van der Waals surface area contributed by atoms with Crippen LogP contribution in [0, 0.1) is 0 Å². The van der Waals surface area contributed by atoms with Gasteiger partial charge in [-0.2, -0.15) is 0 Å². The molecule has 3 nitrogen and oxygen atoms in total. The third-order valence-corrected chi connectivity index (χ3v) is 2.52. The van der Waals surface area contributed by atoms with Crippen molar-refractivity contribution in [1.29, 1.82) is 0 Å². The normalized spacial score (nSPS) is 15.1. The lowest BCUT2D eigenvalue weighted by Gasteiger charge is -2.24. The van der Waals surface area contributed by atoms with Crippen LogP contribution in [0.25, 0.3) is 0 Å². The van der Waals surface area contributed by atoms with Crippen molar-refractivity contribution in [2.45, 2.75) is 45.3 Å². The first-order valence-corrected chi connectivity index (χ1v) is 5.84. The fourth-order valence-corrected chi connectivity index (χ4v) is 1.66. The molecule has 90 valence electrons. The molecule has 0 aliphatic rings. The van der Waals surface area contributed by atoms with Crippen LogP contribution in [0.1, 0.15) is 32.8 Å². The quantitative estimate of drug-likeness (QED) is 0.771. The molecule has 0 bridgehead atoms. The summed E-state index contributed by atoms with van der Waals surface area (Å²) in [5.41, 5.74) is 0.419. The molecule has 0 spiro atoms. The Balaban J connectivity index is 2.39. The number of pyridine rings is 1. The van der Waals surface area contributed by atoms with E-state index in [9.17, 15) is 5.11 Å². The van der Waals surface area contributed by atoms with Crippen molar-refractivity contribution < 1.29 is 5.11 Å². The highest BCUT2D eigenvalue weighted by molar-refractivity contribution is 5.11. The maximum absolute atomic E-state index is 10.2. The summed E-state index contributed by atoms with van der Waals surface area (Å²) >= 11 is 0. The molecule has 1 aromatic heterocycles. The maximum atomic E-state index is 10.2. The van der Waals surface area contributed by atoms with Gasteiger partial charge >= 0.3 is 0 Å². The molecule has 1 aromatic rings. The molecule has 2 N–H and O–H groups in total. The van der Waals surface area contributed by atoms with Gasteiger partial charge in [-0.1, -0.05) is 19.9 Å². The summed E-state index contributed by atoms with van der Waals surface area (Å²) < 4.78 is 0. The molecule has 0 aliphatic heterocycles. The summed E-state index contributed by atoms with van der Waals surface area (Å²) in [6.45, 7) is 6.93. The third kappa shape index (κ3) is 5.24. The molecule has 0 saturated carbocycles. The molecule has 1 rings (SSSR count). The van der Waals surface area contributed by atoms with Gasteiger partial charge in [-0.25, -0.2) is 0 Å². The Hall–Kier alpha value is -0.930. The van der Waals surface area contributed by atoms with Crippen LogP contribution >= 0.6 is 0 Å². The minimum atomic E-state index is -0.662. The molecule has 0 fully saturated rings. The van der Waals surface area contributed by atoms with Crippen LogP contribution in [-0.4, -0.2) is 28.3 Å². The molecular formula is C13H22N2O. The molecule has 0 amide bonds. The Kier molecular flexibility index (Phi) is 4.90. The van der Waals surface area contributed by atoms with Crippen molar-refractivity contribution in [1.82, 2.24) is 10.3 Å². The second-order valence-corrected chi connectivity index (χ2v) is 4.89. The number of hydrogen-bond donors (Lipinski definition) is 2. The minimum Gasteiger partial charge on any atom is -0.390 e. The summed E-state index contributed by atoms with van der Waals surface area (Å²) in [4.78, 5) is 4.05.